The number of rotatable bonds is 5. The summed E-state index contributed by atoms with van der Waals surface area (Å²) in [6.45, 7) is 14.0. The summed E-state index contributed by atoms with van der Waals surface area (Å²) in [6, 6.07) is 4.09. The fourth-order valence-electron chi connectivity index (χ4n) is 2.66. The number of hydrogen-bond acceptors (Lipinski definition) is 2. The summed E-state index contributed by atoms with van der Waals surface area (Å²) in [7, 11) is 0. The Morgan fingerprint density at radius 3 is 2.17 bits per heavy atom. The minimum absolute atomic E-state index is 0.173. The molecule has 3 heteroatoms. The van der Waals surface area contributed by atoms with Crippen molar-refractivity contribution in [2.24, 2.45) is 0 Å². The van der Waals surface area contributed by atoms with Crippen LogP contribution >= 0.6 is 0 Å². The summed E-state index contributed by atoms with van der Waals surface area (Å²) >= 11 is 0. The SMILES string of the molecule is CC(=O)C(C)(C)c1cc2nc(C)[nH]c2cc1C.CCCCCC. The Morgan fingerprint density at radius 2 is 1.70 bits per heavy atom. The zero-order valence-electron chi connectivity index (χ0n) is 15.8. The molecule has 23 heavy (non-hydrogen) atoms. The number of benzene rings is 1. The first-order chi connectivity index (χ1) is 10.7. The highest BCUT2D eigenvalue weighted by atomic mass is 16.1. The number of nitrogens with zero attached hydrogens (tertiary/aromatic N) is 1. The van der Waals surface area contributed by atoms with Gasteiger partial charge in [-0.2, -0.15) is 0 Å². The fourth-order valence-corrected chi connectivity index (χ4v) is 2.66. The van der Waals surface area contributed by atoms with Crippen LogP contribution in [0.4, 0.5) is 0 Å². The first-order valence-electron chi connectivity index (χ1n) is 8.72. The number of nitrogens with one attached hydrogen (secondary N) is 1. The average Bonchev–Trinajstić information content (AvgIpc) is 2.83. The highest BCUT2D eigenvalue weighted by Gasteiger charge is 2.28. The van der Waals surface area contributed by atoms with Crippen molar-refractivity contribution >= 4 is 16.8 Å². The summed E-state index contributed by atoms with van der Waals surface area (Å²) in [6.07, 6.45) is 5.54. The molecule has 0 atom stereocenters. The van der Waals surface area contributed by atoms with Gasteiger partial charge in [0, 0.05) is 5.41 Å². The lowest BCUT2D eigenvalue weighted by atomic mass is 9.79. The Hall–Kier alpha value is -1.64. The van der Waals surface area contributed by atoms with Gasteiger partial charge in [0.25, 0.3) is 0 Å². The van der Waals surface area contributed by atoms with Crippen LogP contribution in [0.5, 0.6) is 0 Å². The van der Waals surface area contributed by atoms with Gasteiger partial charge >= 0.3 is 0 Å². The number of hydrogen-bond donors (Lipinski definition) is 1. The minimum atomic E-state index is -0.453. The molecule has 3 nitrogen and oxygen atoms in total. The second-order valence-corrected chi connectivity index (χ2v) is 6.89. The molecular formula is C20H32N2O. The molecule has 0 aliphatic rings. The standard InChI is InChI=1S/C14H18N2O.C6H14/c1-8-6-12-13(16-10(3)15-12)7-11(8)14(4,5)9(2)17;1-3-5-6-4-2/h6-7H,1-5H3,(H,15,16);3-6H2,1-2H3. The predicted molar refractivity (Wildman–Crippen MR) is 99.1 cm³/mol. The van der Waals surface area contributed by atoms with E-state index in [0.717, 1.165) is 28.0 Å². The monoisotopic (exact) mass is 316 g/mol. The van der Waals surface area contributed by atoms with Gasteiger partial charge in [-0.1, -0.05) is 39.5 Å². The number of H-pyrrole nitrogens is 1. The zero-order chi connectivity index (χ0) is 17.6. The normalized spacial score (nSPS) is 11.3. The van der Waals surface area contributed by atoms with Crippen molar-refractivity contribution in [1.82, 2.24) is 9.97 Å². The summed E-state index contributed by atoms with van der Waals surface area (Å²) in [4.78, 5) is 19.4. The van der Waals surface area contributed by atoms with Gasteiger partial charge < -0.3 is 4.98 Å². The maximum absolute atomic E-state index is 11.7. The molecule has 0 amide bonds. The van der Waals surface area contributed by atoms with E-state index in [2.05, 4.69) is 29.9 Å². The van der Waals surface area contributed by atoms with Gasteiger partial charge in [-0.3, -0.25) is 4.79 Å². The number of unbranched alkanes of at least 4 members (excludes halogenated alkanes) is 3. The van der Waals surface area contributed by atoms with Crippen molar-refractivity contribution in [3.63, 3.8) is 0 Å². The third-order valence-corrected chi connectivity index (χ3v) is 4.46. The molecule has 1 heterocycles. The first-order valence-corrected chi connectivity index (χ1v) is 8.72. The van der Waals surface area contributed by atoms with Crippen LogP contribution in [0.25, 0.3) is 11.0 Å². The lowest BCUT2D eigenvalue weighted by Gasteiger charge is -2.23. The van der Waals surface area contributed by atoms with Crippen LogP contribution in [0.1, 0.15) is 77.3 Å². The summed E-state index contributed by atoms with van der Waals surface area (Å²) < 4.78 is 0. The van der Waals surface area contributed by atoms with Gasteiger partial charge in [0.2, 0.25) is 0 Å². The Balaban J connectivity index is 0.000000379. The van der Waals surface area contributed by atoms with Gasteiger partial charge in [0.05, 0.1) is 11.0 Å². The van der Waals surface area contributed by atoms with Crippen molar-refractivity contribution in [1.29, 1.82) is 0 Å². The molecule has 0 aliphatic heterocycles. The van der Waals surface area contributed by atoms with Crippen LogP contribution in [-0.2, 0) is 10.2 Å². The quantitative estimate of drug-likeness (QED) is 0.726. The molecule has 0 unspecified atom stereocenters. The molecule has 0 saturated carbocycles. The maximum Gasteiger partial charge on any atom is 0.139 e. The molecular weight excluding hydrogens is 284 g/mol. The average molecular weight is 316 g/mol. The number of aromatic amines is 1. The maximum atomic E-state index is 11.7. The van der Waals surface area contributed by atoms with Gasteiger partial charge in [0.1, 0.15) is 11.6 Å². The van der Waals surface area contributed by atoms with E-state index in [0.29, 0.717) is 0 Å². The smallest absolute Gasteiger partial charge is 0.139 e. The Labute approximate surface area is 140 Å². The first kappa shape index (κ1) is 19.4. The summed E-state index contributed by atoms with van der Waals surface area (Å²) in [5.74, 6) is 1.07. The largest absolute Gasteiger partial charge is 0.342 e. The van der Waals surface area contributed by atoms with E-state index in [1.54, 1.807) is 6.92 Å². The van der Waals surface area contributed by atoms with Crippen LogP contribution < -0.4 is 0 Å². The van der Waals surface area contributed by atoms with Crippen LogP contribution in [0.2, 0.25) is 0 Å². The molecule has 1 aromatic carbocycles. The summed E-state index contributed by atoms with van der Waals surface area (Å²) in [5.41, 5.74) is 3.69. The van der Waals surface area contributed by atoms with Crippen molar-refractivity contribution in [3.8, 4) is 0 Å². The Bertz CT molecular complexity index is 649. The van der Waals surface area contributed by atoms with Crippen molar-refractivity contribution < 1.29 is 4.79 Å². The summed E-state index contributed by atoms with van der Waals surface area (Å²) in [5, 5.41) is 0. The highest BCUT2D eigenvalue weighted by Crippen LogP contribution is 2.30. The molecule has 0 saturated heterocycles. The van der Waals surface area contributed by atoms with Crippen LogP contribution in [0, 0.1) is 13.8 Å². The molecule has 0 fully saturated rings. The molecule has 2 aromatic rings. The van der Waals surface area contributed by atoms with Crippen LogP contribution in [0.15, 0.2) is 12.1 Å². The number of fused-ring (bicyclic) bond motifs is 1. The number of aryl methyl sites for hydroxylation is 2. The van der Waals surface area contributed by atoms with E-state index in [1.165, 1.54) is 25.7 Å². The van der Waals surface area contributed by atoms with Crippen molar-refractivity contribution in [2.45, 2.75) is 79.6 Å². The van der Waals surface area contributed by atoms with Crippen molar-refractivity contribution in [3.05, 3.63) is 29.1 Å². The Morgan fingerprint density at radius 1 is 1.13 bits per heavy atom. The van der Waals surface area contributed by atoms with E-state index in [9.17, 15) is 4.79 Å². The lowest BCUT2D eigenvalue weighted by molar-refractivity contribution is -0.121. The molecule has 0 aliphatic carbocycles. The predicted octanol–water partition coefficient (Wildman–Crippen LogP) is 5.63. The second-order valence-electron chi connectivity index (χ2n) is 6.89. The molecule has 1 N–H and O–H groups in total. The third-order valence-electron chi connectivity index (χ3n) is 4.46. The van der Waals surface area contributed by atoms with Crippen LogP contribution in [-0.4, -0.2) is 15.8 Å². The zero-order valence-corrected chi connectivity index (χ0v) is 15.8. The topological polar surface area (TPSA) is 45.8 Å². The highest BCUT2D eigenvalue weighted by molar-refractivity contribution is 5.89. The van der Waals surface area contributed by atoms with Gasteiger partial charge in [0.15, 0.2) is 0 Å². The van der Waals surface area contributed by atoms with E-state index >= 15 is 0 Å². The van der Waals surface area contributed by atoms with Crippen molar-refractivity contribution in [2.75, 3.05) is 0 Å². The van der Waals surface area contributed by atoms with E-state index in [1.807, 2.05) is 33.8 Å². The minimum Gasteiger partial charge on any atom is -0.342 e. The van der Waals surface area contributed by atoms with E-state index < -0.39 is 5.41 Å². The number of carbonyl (C=O) groups is 1. The molecule has 0 radical (unpaired) electrons. The fraction of sp³-hybridized carbons (Fsp3) is 0.600. The van der Waals surface area contributed by atoms with E-state index in [-0.39, 0.29) is 5.78 Å². The van der Waals surface area contributed by atoms with Gasteiger partial charge in [-0.05, 0) is 57.9 Å². The number of carbonyl (C=O) groups excluding carboxylic acids is 1. The molecule has 2 rings (SSSR count). The molecule has 0 bridgehead atoms. The molecule has 0 spiro atoms. The molecule has 128 valence electrons. The van der Waals surface area contributed by atoms with Gasteiger partial charge in [-0.25, -0.2) is 4.98 Å². The number of Topliss-reactive ketones (excluding diaryl/α,β-unsaturated/α-hetero) is 1. The van der Waals surface area contributed by atoms with Gasteiger partial charge in [-0.15, -0.1) is 0 Å². The Kier molecular flexibility index (Phi) is 6.99. The molecule has 1 aromatic heterocycles. The number of ketones is 1. The number of imidazole rings is 1. The second kappa shape index (κ2) is 8.28. The van der Waals surface area contributed by atoms with Crippen LogP contribution in [0.3, 0.4) is 0 Å². The third kappa shape index (κ3) is 4.92. The number of aromatic nitrogens is 2. The lowest BCUT2D eigenvalue weighted by Crippen LogP contribution is -2.27. The van der Waals surface area contributed by atoms with E-state index in [4.69, 9.17) is 0 Å².